The van der Waals surface area contributed by atoms with Crippen molar-refractivity contribution in [2.24, 2.45) is 0 Å². The van der Waals surface area contributed by atoms with Gasteiger partial charge in [-0.15, -0.1) is 0 Å². The number of hydrogen-bond acceptors (Lipinski definition) is 8. The lowest BCUT2D eigenvalue weighted by atomic mass is 9.97. The molecule has 154 valence electrons. The summed E-state index contributed by atoms with van der Waals surface area (Å²) < 4.78 is 10.4. The van der Waals surface area contributed by atoms with Gasteiger partial charge in [0.2, 0.25) is 0 Å². The number of benzene rings is 2. The van der Waals surface area contributed by atoms with Gasteiger partial charge in [-0.3, -0.25) is 4.79 Å². The average molecular weight is 430 g/mol. The van der Waals surface area contributed by atoms with E-state index in [1.54, 1.807) is 55.6 Å². The summed E-state index contributed by atoms with van der Waals surface area (Å²) in [4.78, 5) is 17.0. The number of thioether (sulfide) groups is 1. The van der Waals surface area contributed by atoms with Crippen molar-refractivity contribution in [3.05, 3.63) is 65.2 Å². The Hall–Kier alpha value is -4.01. The zero-order chi connectivity index (χ0) is 22.4. The Labute approximate surface area is 184 Å². The molecule has 2 aromatic carbocycles. The lowest BCUT2D eigenvalue weighted by Crippen LogP contribution is -2.07. The van der Waals surface area contributed by atoms with Crippen LogP contribution in [0.3, 0.4) is 0 Å². The van der Waals surface area contributed by atoms with Crippen molar-refractivity contribution in [1.29, 1.82) is 10.5 Å². The van der Waals surface area contributed by atoms with Crippen LogP contribution in [0.25, 0.3) is 11.1 Å². The number of para-hydroxylation sites is 1. The van der Waals surface area contributed by atoms with Crippen molar-refractivity contribution < 1.29 is 14.3 Å². The predicted molar refractivity (Wildman–Crippen MR) is 118 cm³/mol. The van der Waals surface area contributed by atoms with Crippen molar-refractivity contribution in [1.82, 2.24) is 4.98 Å². The largest absolute Gasteiger partial charge is 0.497 e. The van der Waals surface area contributed by atoms with Gasteiger partial charge in [0.25, 0.3) is 0 Å². The molecule has 0 aliphatic rings. The van der Waals surface area contributed by atoms with Gasteiger partial charge in [-0.25, -0.2) is 4.98 Å². The van der Waals surface area contributed by atoms with Crippen LogP contribution in [0.15, 0.2) is 53.6 Å². The summed E-state index contributed by atoms with van der Waals surface area (Å²) in [6, 6.07) is 18.0. The van der Waals surface area contributed by atoms with E-state index in [9.17, 15) is 15.3 Å². The first-order valence-corrected chi connectivity index (χ1v) is 10.1. The number of nitrogens with two attached hydrogens (primary N) is 1. The summed E-state index contributed by atoms with van der Waals surface area (Å²) in [5.41, 5.74) is 7.77. The summed E-state index contributed by atoms with van der Waals surface area (Å²) in [5.74, 6) is 0.955. The van der Waals surface area contributed by atoms with E-state index in [-0.39, 0.29) is 33.5 Å². The highest BCUT2D eigenvalue weighted by atomic mass is 32.2. The van der Waals surface area contributed by atoms with Crippen LogP contribution in [0.2, 0.25) is 0 Å². The zero-order valence-corrected chi connectivity index (χ0v) is 17.7. The van der Waals surface area contributed by atoms with Gasteiger partial charge in [-0.05, 0) is 29.8 Å². The molecule has 3 aromatic rings. The van der Waals surface area contributed by atoms with E-state index >= 15 is 0 Å². The maximum Gasteiger partial charge on any atom is 0.176 e. The fourth-order valence-electron chi connectivity index (χ4n) is 3.04. The molecule has 0 aliphatic heterocycles. The molecular formula is C23H18N4O3S. The van der Waals surface area contributed by atoms with Crippen LogP contribution < -0.4 is 15.2 Å². The smallest absolute Gasteiger partial charge is 0.176 e. The first-order chi connectivity index (χ1) is 15.0. The summed E-state index contributed by atoms with van der Waals surface area (Å²) >= 11 is 1.09. The molecule has 0 spiro atoms. The topological polar surface area (TPSA) is 122 Å². The number of ether oxygens (including phenoxy) is 2. The summed E-state index contributed by atoms with van der Waals surface area (Å²) in [6.45, 7) is 0. The lowest BCUT2D eigenvalue weighted by Gasteiger charge is -2.13. The molecule has 0 atom stereocenters. The number of pyridine rings is 1. The highest BCUT2D eigenvalue weighted by Gasteiger charge is 2.22. The second-order valence-corrected chi connectivity index (χ2v) is 7.26. The summed E-state index contributed by atoms with van der Waals surface area (Å²) in [5, 5.41) is 19.8. The molecule has 8 heteroatoms. The number of ketones is 1. The Bertz CT molecular complexity index is 1210. The monoisotopic (exact) mass is 430 g/mol. The number of rotatable bonds is 7. The van der Waals surface area contributed by atoms with Crippen molar-refractivity contribution in [3.8, 4) is 34.8 Å². The van der Waals surface area contributed by atoms with Crippen LogP contribution in [0, 0.1) is 22.7 Å². The van der Waals surface area contributed by atoms with Gasteiger partial charge in [0.15, 0.2) is 5.78 Å². The second-order valence-electron chi connectivity index (χ2n) is 6.29. The Morgan fingerprint density at radius 1 is 1.03 bits per heavy atom. The summed E-state index contributed by atoms with van der Waals surface area (Å²) in [7, 11) is 3.05. The molecule has 0 unspecified atom stereocenters. The van der Waals surface area contributed by atoms with Gasteiger partial charge in [-0.2, -0.15) is 10.5 Å². The Morgan fingerprint density at radius 2 is 1.71 bits per heavy atom. The van der Waals surface area contributed by atoms with E-state index in [2.05, 4.69) is 11.1 Å². The molecule has 1 heterocycles. The molecule has 2 N–H and O–H groups in total. The molecular weight excluding hydrogens is 412 g/mol. The fraction of sp³-hybridized carbons (Fsp3) is 0.130. The Kier molecular flexibility index (Phi) is 6.76. The van der Waals surface area contributed by atoms with E-state index in [4.69, 9.17) is 15.2 Å². The first-order valence-electron chi connectivity index (χ1n) is 9.11. The summed E-state index contributed by atoms with van der Waals surface area (Å²) in [6.07, 6.45) is 0. The number of aromatic nitrogens is 1. The quantitative estimate of drug-likeness (QED) is 0.440. The van der Waals surface area contributed by atoms with Crippen LogP contribution in [0.1, 0.15) is 21.5 Å². The van der Waals surface area contributed by atoms with Crippen LogP contribution in [0.5, 0.6) is 11.5 Å². The minimum Gasteiger partial charge on any atom is -0.497 e. The third-order valence-electron chi connectivity index (χ3n) is 4.54. The first kappa shape index (κ1) is 21.7. The highest BCUT2D eigenvalue weighted by molar-refractivity contribution is 8.00. The molecule has 0 fully saturated rings. The lowest BCUT2D eigenvalue weighted by molar-refractivity contribution is 0.101. The number of nitriles is 2. The number of nitrogens with zero attached hydrogens (tertiary/aromatic N) is 3. The molecule has 0 aliphatic carbocycles. The van der Waals surface area contributed by atoms with Gasteiger partial charge in [-0.1, -0.05) is 36.0 Å². The van der Waals surface area contributed by atoms with Gasteiger partial charge in [0, 0.05) is 5.56 Å². The number of nitrogen functional groups attached to an aromatic ring is 1. The number of carbonyl (C=O) groups is 1. The van der Waals surface area contributed by atoms with Gasteiger partial charge in [0.05, 0.1) is 31.1 Å². The molecule has 3 rings (SSSR count). The second kappa shape index (κ2) is 9.66. The van der Waals surface area contributed by atoms with E-state index in [1.807, 2.05) is 6.07 Å². The van der Waals surface area contributed by atoms with Crippen LogP contribution in [-0.4, -0.2) is 30.7 Å². The molecule has 0 saturated carbocycles. The molecule has 31 heavy (non-hydrogen) atoms. The molecule has 0 bridgehead atoms. The van der Waals surface area contributed by atoms with Crippen LogP contribution in [0.4, 0.5) is 5.82 Å². The number of anilines is 1. The Balaban J connectivity index is 2.01. The van der Waals surface area contributed by atoms with Gasteiger partial charge >= 0.3 is 0 Å². The highest BCUT2D eigenvalue weighted by Crippen LogP contribution is 2.36. The van der Waals surface area contributed by atoms with Crippen molar-refractivity contribution in [2.45, 2.75) is 5.03 Å². The van der Waals surface area contributed by atoms with Crippen LogP contribution in [-0.2, 0) is 0 Å². The molecule has 7 nitrogen and oxygen atoms in total. The number of hydrogen-bond donors (Lipinski definition) is 1. The van der Waals surface area contributed by atoms with Crippen molar-refractivity contribution in [3.63, 3.8) is 0 Å². The maximum atomic E-state index is 12.7. The minimum atomic E-state index is -0.179. The van der Waals surface area contributed by atoms with E-state index < -0.39 is 0 Å². The van der Waals surface area contributed by atoms with Crippen LogP contribution >= 0.6 is 11.8 Å². The standard InChI is InChI=1S/C23H18N4O3S/c1-29-15-9-7-14(8-10-15)21-17(11-24)22(26)27-23(18(21)12-25)31-13-19(28)16-5-3-4-6-20(16)30-2/h3-10H,13H2,1-2H3,(H2,26,27). The Morgan fingerprint density at radius 3 is 2.32 bits per heavy atom. The maximum absolute atomic E-state index is 12.7. The average Bonchev–Trinajstić information content (AvgIpc) is 2.81. The molecule has 1 aromatic heterocycles. The van der Waals surface area contributed by atoms with Gasteiger partial charge in [0.1, 0.15) is 40.0 Å². The van der Waals surface area contributed by atoms with Crippen molar-refractivity contribution in [2.75, 3.05) is 25.7 Å². The van der Waals surface area contributed by atoms with E-state index in [1.165, 1.54) is 7.11 Å². The third kappa shape index (κ3) is 4.45. The molecule has 0 radical (unpaired) electrons. The molecule has 0 amide bonds. The van der Waals surface area contributed by atoms with Gasteiger partial charge < -0.3 is 15.2 Å². The number of Topliss-reactive ketones (excluding diaryl/α,β-unsaturated/α-hetero) is 1. The SMILES string of the molecule is COc1ccc(-c2c(C#N)c(N)nc(SCC(=O)c3ccccc3OC)c2C#N)cc1. The predicted octanol–water partition coefficient (Wildman–Crippen LogP) is 4.07. The van der Waals surface area contributed by atoms with Crippen molar-refractivity contribution >= 4 is 23.4 Å². The van der Waals surface area contributed by atoms with E-state index in [0.717, 1.165) is 11.8 Å². The molecule has 0 saturated heterocycles. The van der Waals surface area contributed by atoms with E-state index in [0.29, 0.717) is 28.2 Å². The minimum absolute atomic E-state index is 0.000409. The normalized spacial score (nSPS) is 10.1. The number of carbonyl (C=O) groups excluding carboxylic acids is 1. The zero-order valence-electron chi connectivity index (χ0n) is 16.9. The third-order valence-corrected chi connectivity index (χ3v) is 5.52. The number of methoxy groups -OCH3 is 2. The fourth-order valence-corrected chi connectivity index (χ4v) is 3.91.